The highest BCUT2D eigenvalue weighted by Crippen LogP contribution is 2.16. The lowest BCUT2D eigenvalue weighted by Gasteiger charge is -2.39. The number of aliphatic imine (C=N–C) groups is 1. The van der Waals surface area contributed by atoms with Crippen LogP contribution in [0.5, 0.6) is 0 Å². The Morgan fingerprint density at radius 1 is 0.966 bits per heavy atom. The van der Waals surface area contributed by atoms with Gasteiger partial charge in [0.1, 0.15) is 0 Å². The minimum absolute atomic E-state index is 0.495. The summed E-state index contributed by atoms with van der Waals surface area (Å²) in [5.74, 6) is 0.947. The van der Waals surface area contributed by atoms with E-state index in [1.165, 1.54) is 31.6 Å². The van der Waals surface area contributed by atoms with Crippen molar-refractivity contribution in [3.8, 4) is 0 Å². The van der Waals surface area contributed by atoms with Crippen molar-refractivity contribution in [3.05, 3.63) is 30.3 Å². The maximum Gasteiger partial charge on any atom is 0.191 e. The van der Waals surface area contributed by atoms with E-state index in [1.807, 2.05) is 7.05 Å². The van der Waals surface area contributed by atoms with Crippen LogP contribution in [0.25, 0.3) is 0 Å². The Labute approximate surface area is 177 Å². The number of likely N-dealkylation sites (tertiary alicyclic amines) is 1. The summed E-state index contributed by atoms with van der Waals surface area (Å²) in [6.45, 7) is 14.6. The molecular weight excluding hydrogens is 360 g/mol. The number of nitrogens with one attached hydrogen (secondary N) is 2. The Morgan fingerprint density at radius 2 is 1.62 bits per heavy atom. The van der Waals surface area contributed by atoms with E-state index in [0.717, 1.165) is 38.7 Å². The lowest BCUT2D eigenvalue weighted by molar-refractivity contribution is 0.167. The van der Waals surface area contributed by atoms with Crippen LogP contribution in [0.4, 0.5) is 5.69 Å². The molecule has 0 amide bonds. The molecular formula is C23H40N6. The topological polar surface area (TPSA) is 46.1 Å². The van der Waals surface area contributed by atoms with Crippen molar-refractivity contribution in [2.75, 3.05) is 57.8 Å². The molecule has 0 radical (unpaired) electrons. The van der Waals surface area contributed by atoms with Gasteiger partial charge in [0.05, 0.1) is 0 Å². The number of benzene rings is 1. The van der Waals surface area contributed by atoms with Crippen LogP contribution in [0.3, 0.4) is 0 Å². The number of hydrogen-bond acceptors (Lipinski definition) is 4. The zero-order chi connectivity index (χ0) is 20.6. The average Bonchev–Trinajstić information content (AvgIpc) is 2.77. The lowest BCUT2D eigenvalue weighted by atomic mass is 10.0. The summed E-state index contributed by atoms with van der Waals surface area (Å²) in [6, 6.07) is 12.4. The van der Waals surface area contributed by atoms with Crippen molar-refractivity contribution >= 4 is 11.6 Å². The molecule has 1 aromatic carbocycles. The molecule has 162 valence electrons. The number of nitrogens with zero attached hydrogens (tertiary/aromatic N) is 4. The van der Waals surface area contributed by atoms with Gasteiger partial charge in [-0.3, -0.25) is 9.89 Å². The third kappa shape index (κ3) is 6.34. The second kappa shape index (κ2) is 10.8. The van der Waals surface area contributed by atoms with Crippen LogP contribution in [0.2, 0.25) is 0 Å². The smallest absolute Gasteiger partial charge is 0.191 e. The highest BCUT2D eigenvalue weighted by atomic mass is 15.3. The van der Waals surface area contributed by atoms with Crippen molar-refractivity contribution in [2.24, 2.45) is 4.99 Å². The quantitative estimate of drug-likeness (QED) is 0.566. The number of anilines is 1. The molecule has 29 heavy (non-hydrogen) atoms. The van der Waals surface area contributed by atoms with E-state index in [4.69, 9.17) is 0 Å². The molecule has 2 aliphatic rings. The molecule has 2 saturated heterocycles. The molecule has 2 N–H and O–H groups in total. The molecule has 2 heterocycles. The second-order valence-corrected chi connectivity index (χ2v) is 8.71. The first kappa shape index (κ1) is 21.9. The largest absolute Gasteiger partial charge is 0.369 e. The molecule has 3 rings (SSSR count). The van der Waals surface area contributed by atoms with Crippen molar-refractivity contribution in [2.45, 2.75) is 51.7 Å². The van der Waals surface area contributed by atoms with Crippen molar-refractivity contribution in [1.82, 2.24) is 20.4 Å². The summed E-state index contributed by atoms with van der Waals surface area (Å²) in [4.78, 5) is 12.1. The molecule has 1 unspecified atom stereocenters. The maximum atomic E-state index is 4.46. The van der Waals surface area contributed by atoms with Gasteiger partial charge in [-0.15, -0.1) is 0 Å². The molecule has 1 aromatic rings. The number of rotatable bonds is 6. The van der Waals surface area contributed by atoms with E-state index in [-0.39, 0.29) is 0 Å². The lowest BCUT2D eigenvalue weighted by Crippen LogP contribution is -2.54. The zero-order valence-corrected chi connectivity index (χ0v) is 18.8. The monoisotopic (exact) mass is 400 g/mol. The van der Waals surface area contributed by atoms with Crippen LogP contribution in [-0.4, -0.2) is 86.7 Å². The fraction of sp³-hybridized carbons (Fsp3) is 0.696. The Kier molecular flexibility index (Phi) is 8.19. The van der Waals surface area contributed by atoms with Gasteiger partial charge < -0.3 is 20.4 Å². The number of piperidine rings is 1. The van der Waals surface area contributed by atoms with Crippen LogP contribution < -0.4 is 15.5 Å². The standard InChI is InChI=1S/C23H40N6/c1-19(2)27-12-10-21(11-13-27)26-23(24-4)25-18-20(3)28-14-16-29(17-15-28)22-8-6-5-7-9-22/h5-9,19-21H,10-18H2,1-4H3,(H2,24,25,26). The molecule has 6 heteroatoms. The Bertz CT molecular complexity index is 616. The molecule has 0 aliphatic carbocycles. The third-order valence-electron chi connectivity index (χ3n) is 6.45. The maximum absolute atomic E-state index is 4.46. The minimum atomic E-state index is 0.495. The van der Waals surface area contributed by atoms with Crippen molar-refractivity contribution < 1.29 is 0 Å². The van der Waals surface area contributed by atoms with Crippen molar-refractivity contribution in [3.63, 3.8) is 0 Å². The summed E-state index contributed by atoms with van der Waals surface area (Å²) in [5, 5.41) is 7.20. The Hall–Kier alpha value is -1.79. The normalized spacial score (nSPS) is 21.4. The van der Waals surface area contributed by atoms with E-state index in [1.54, 1.807) is 0 Å². The predicted octanol–water partition coefficient (Wildman–Crippen LogP) is 2.23. The van der Waals surface area contributed by atoms with Gasteiger partial charge in [-0.2, -0.15) is 0 Å². The van der Waals surface area contributed by atoms with Gasteiger partial charge in [-0.05, 0) is 45.7 Å². The summed E-state index contributed by atoms with van der Waals surface area (Å²) < 4.78 is 0. The fourth-order valence-electron chi connectivity index (χ4n) is 4.38. The molecule has 0 spiro atoms. The SMILES string of the molecule is CN=C(NCC(C)N1CCN(c2ccccc2)CC1)NC1CCN(C(C)C)CC1. The fourth-order valence-corrected chi connectivity index (χ4v) is 4.38. The molecule has 6 nitrogen and oxygen atoms in total. The van der Waals surface area contributed by atoms with E-state index >= 15 is 0 Å². The number of para-hydroxylation sites is 1. The van der Waals surface area contributed by atoms with Gasteiger partial charge in [-0.25, -0.2) is 0 Å². The van der Waals surface area contributed by atoms with Crippen molar-refractivity contribution in [1.29, 1.82) is 0 Å². The van der Waals surface area contributed by atoms with Crippen LogP contribution >= 0.6 is 0 Å². The van der Waals surface area contributed by atoms with Gasteiger partial charge >= 0.3 is 0 Å². The number of piperazine rings is 1. The van der Waals surface area contributed by atoms with Crippen LogP contribution in [0.1, 0.15) is 33.6 Å². The van der Waals surface area contributed by atoms with Gasteiger partial charge in [-0.1, -0.05) is 18.2 Å². The summed E-state index contributed by atoms with van der Waals surface area (Å²) in [6.07, 6.45) is 2.38. The number of hydrogen-bond donors (Lipinski definition) is 2. The first-order valence-corrected chi connectivity index (χ1v) is 11.3. The van der Waals surface area contributed by atoms with Gasteiger partial charge in [0.15, 0.2) is 5.96 Å². The molecule has 0 saturated carbocycles. The van der Waals surface area contributed by atoms with E-state index in [9.17, 15) is 0 Å². The van der Waals surface area contributed by atoms with E-state index in [0.29, 0.717) is 18.1 Å². The Morgan fingerprint density at radius 3 is 2.21 bits per heavy atom. The molecule has 2 aliphatic heterocycles. The van der Waals surface area contributed by atoms with Crippen LogP contribution in [-0.2, 0) is 0 Å². The summed E-state index contributed by atoms with van der Waals surface area (Å²) in [5.41, 5.74) is 1.34. The molecule has 2 fully saturated rings. The second-order valence-electron chi connectivity index (χ2n) is 8.71. The predicted molar refractivity (Wildman–Crippen MR) is 124 cm³/mol. The zero-order valence-electron chi connectivity index (χ0n) is 18.8. The first-order valence-electron chi connectivity index (χ1n) is 11.3. The first-order chi connectivity index (χ1) is 14.1. The third-order valence-corrected chi connectivity index (χ3v) is 6.45. The summed E-state index contributed by atoms with van der Waals surface area (Å²) in [7, 11) is 1.88. The van der Waals surface area contributed by atoms with Gasteiger partial charge in [0.25, 0.3) is 0 Å². The van der Waals surface area contributed by atoms with Gasteiger partial charge in [0.2, 0.25) is 0 Å². The van der Waals surface area contributed by atoms with E-state index < -0.39 is 0 Å². The van der Waals surface area contributed by atoms with Gasteiger partial charge in [0, 0.05) is 76.7 Å². The molecule has 1 atom stereocenters. The highest BCUT2D eigenvalue weighted by Gasteiger charge is 2.23. The van der Waals surface area contributed by atoms with Crippen LogP contribution in [0.15, 0.2) is 35.3 Å². The molecule has 0 aromatic heterocycles. The van der Waals surface area contributed by atoms with Crippen LogP contribution in [0, 0.1) is 0 Å². The highest BCUT2D eigenvalue weighted by molar-refractivity contribution is 5.80. The Balaban J connectivity index is 1.38. The average molecular weight is 401 g/mol. The van der Waals surface area contributed by atoms with E-state index in [2.05, 4.69) is 81.4 Å². The number of guanidine groups is 1. The molecule has 0 bridgehead atoms. The summed E-state index contributed by atoms with van der Waals surface area (Å²) >= 11 is 0. The minimum Gasteiger partial charge on any atom is -0.369 e.